The topological polar surface area (TPSA) is 108 Å². The van der Waals surface area contributed by atoms with Crippen molar-refractivity contribution in [2.24, 2.45) is 17.3 Å². The standard InChI is InChI=1S/C33H43F2N3O6/c1-31(2,3)22-17-28(40)44-32(4)15-9-11-20(32)10-7-6-8-12-24-29(37-25-16-21(42-5)13-14-23(25)36-24)43-27-18-38(30(22)41)26(19-39)33(27,34)35/h13-14,16,19-20,22,26-27H,6-12,15,17-18H2,1-5H3/t20-,22-,26-,27+,32-/m1/s1. The number of nitrogens with zero attached hydrogens (tertiary/aromatic N) is 3. The van der Waals surface area contributed by atoms with Crippen LogP contribution in [0.15, 0.2) is 18.2 Å². The Morgan fingerprint density at radius 3 is 2.52 bits per heavy atom. The fraction of sp³-hybridized carbons (Fsp3) is 0.667. The number of ether oxygens (including phenoxy) is 3. The van der Waals surface area contributed by atoms with E-state index in [1.165, 1.54) is 7.11 Å². The van der Waals surface area contributed by atoms with E-state index in [-0.39, 0.29) is 24.5 Å². The SMILES string of the molecule is COc1ccc2nc3c(nc2c1)O[C@H]1CN(C(=O)[C@H](C(C)(C)C)CC(=O)O[C@]2(C)CCC[C@H]2CCCCC3)[C@H](C=O)C1(F)F. The molecule has 3 aliphatic rings. The van der Waals surface area contributed by atoms with Crippen LogP contribution in [0.2, 0.25) is 0 Å². The lowest BCUT2D eigenvalue weighted by Crippen LogP contribution is -2.49. The van der Waals surface area contributed by atoms with Gasteiger partial charge in [-0.3, -0.25) is 9.59 Å². The van der Waals surface area contributed by atoms with Crippen LogP contribution >= 0.6 is 0 Å². The predicted octanol–water partition coefficient (Wildman–Crippen LogP) is 5.70. The zero-order valence-corrected chi connectivity index (χ0v) is 26.2. The van der Waals surface area contributed by atoms with Gasteiger partial charge in [-0.15, -0.1) is 0 Å². The van der Waals surface area contributed by atoms with Crippen LogP contribution in [0.25, 0.3) is 11.0 Å². The van der Waals surface area contributed by atoms with Crippen LogP contribution < -0.4 is 9.47 Å². The summed E-state index contributed by atoms with van der Waals surface area (Å²) in [6.07, 6.45) is 4.45. The van der Waals surface area contributed by atoms with E-state index in [1.807, 2.05) is 6.92 Å². The molecule has 1 aromatic heterocycles. The van der Waals surface area contributed by atoms with Crippen molar-refractivity contribution in [2.75, 3.05) is 13.7 Å². The Labute approximate surface area is 257 Å². The van der Waals surface area contributed by atoms with Gasteiger partial charge in [0.05, 0.1) is 37.0 Å². The number of benzene rings is 1. The highest BCUT2D eigenvalue weighted by molar-refractivity contribution is 5.87. The molecule has 9 nitrogen and oxygen atoms in total. The van der Waals surface area contributed by atoms with Crippen LogP contribution in [-0.4, -0.2) is 70.4 Å². The average Bonchev–Trinajstić information content (AvgIpc) is 3.44. The summed E-state index contributed by atoms with van der Waals surface area (Å²) in [5.74, 6) is -5.26. The second-order valence-corrected chi connectivity index (χ2v) is 13.8. The first kappa shape index (κ1) is 32.0. The molecule has 0 spiro atoms. The third kappa shape index (κ3) is 6.24. The Morgan fingerprint density at radius 1 is 1.07 bits per heavy atom. The van der Waals surface area contributed by atoms with Crippen molar-refractivity contribution < 1.29 is 37.4 Å². The number of halogens is 2. The Kier molecular flexibility index (Phi) is 8.88. The molecule has 1 saturated heterocycles. The summed E-state index contributed by atoms with van der Waals surface area (Å²) in [4.78, 5) is 49.6. The van der Waals surface area contributed by atoms with Crippen molar-refractivity contribution in [3.8, 4) is 11.6 Å². The molecule has 1 aromatic carbocycles. The fourth-order valence-electron chi connectivity index (χ4n) is 6.98. The second kappa shape index (κ2) is 12.2. The molecule has 5 atom stereocenters. The van der Waals surface area contributed by atoms with E-state index in [4.69, 9.17) is 19.2 Å². The van der Waals surface area contributed by atoms with Crippen LogP contribution in [0.1, 0.15) is 84.8 Å². The maximum atomic E-state index is 15.9. The third-order valence-corrected chi connectivity index (χ3v) is 9.71. The molecule has 2 fully saturated rings. The highest BCUT2D eigenvalue weighted by Crippen LogP contribution is 2.44. The number of amides is 1. The second-order valence-electron chi connectivity index (χ2n) is 13.8. The van der Waals surface area contributed by atoms with E-state index < -0.39 is 53.4 Å². The smallest absolute Gasteiger partial charge is 0.312 e. The van der Waals surface area contributed by atoms with E-state index in [2.05, 4.69) is 4.98 Å². The first-order valence-corrected chi connectivity index (χ1v) is 15.6. The number of aromatic nitrogens is 2. The fourth-order valence-corrected chi connectivity index (χ4v) is 6.98. The molecule has 44 heavy (non-hydrogen) atoms. The van der Waals surface area contributed by atoms with Gasteiger partial charge in [-0.2, -0.15) is 8.78 Å². The van der Waals surface area contributed by atoms with Gasteiger partial charge in [0.2, 0.25) is 11.8 Å². The lowest BCUT2D eigenvalue weighted by atomic mass is 9.77. The monoisotopic (exact) mass is 615 g/mol. The van der Waals surface area contributed by atoms with Crippen LogP contribution in [0.5, 0.6) is 11.6 Å². The van der Waals surface area contributed by atoms with Crippen molar-refractivity contribution in [2.45, 2.75) is 109 Å². The molecule has 0 radical (unpaired) electrons. The van der Waals surface area contributed by atoms with Crippen molar-refractivity contribution >= 4 is 29.2 Å². The summed E-state index contributed by atoms with van der Waals surface area (Å²) < 4.78 is 49.1. The van der Waals surface area contributed by atoms with Gasteiger partial charge < -0.3 is 23.9 Å². The molecule has 2 aliphatic heterocycles. The highest BCUT2D eigenvalue weighted by Gasteiger charge is 2.61. The Bertz CT molecular complexity index is 1410. The number of fused-ring (bicyclic) bond motifs is 5. The molecule has 2 aromatic rings. The van der Waals surface area contributed by atoms with Crippen LogP contribution in [0, 0.1) is 17.3 Å². The van der Waals surface area contributed by atoms with Crippen LogP contribution in [-0.2, 0) is 25.5 Å². The Balaban J connectivity index is 1.55. The molecule has 0 unspecified atom stereocenters. The Hall–Kier alpha value is -3.37. The largest absolute Gasteiger partial charge is 0.497 e. The highest BCUT2D eigenvalue weighted by atomic mass is 19.3. The minimum absolute atomic E-state index is 0.0465. The summed E-state index contributed by atoms with van der Waals surface area (Å²) in [7, 11) is 1.52. The summed E-state index contributed by atoms with van der Waals surface area (Å²) in [6, 6.07) is 3.11. The van der Waals surface area contributed by atoms with Crippen molar-refractivity contribution in [3.63, 3.8) is 0 Å². The number of aryl methyl sites for hydroxylation is 1. The molecular formula is C33H43F2N3O6. The molecule has 1 saturated carbocycles. The molecule has 240 valence electrons. The van der Waals surface area contributed by atoms with E-state index in [1.54, 1.807) is 39.0 Å². The summed E-state index contributed by atoms with van der Waals surface area (Å²) in [6.45, 7) is 6.74. The van der Waals surface area contributed by atoms with Gasteiger partial charge in [-0.25, -0.2) is 9.97 Å². The molecular weight excluding hydrogens is 572 g/mol. The van der Waals surface area contributed by atoms with E-state index >= 15 is 8.78 Å². The van der Waals surface area contributed by atoms with Crippen molar-refractivity contribution in [1.29, 1.82) is 0 Å². The Morgan fingerprint density at radius 2 is 1.82 bits per heavy atom. The number of aldehydes is 1. The average molecular weight is 616 g/mol. The number of esters is 1. The molecule has 5 rings (SSSR count). The number of alkyl halides is 2. The van der Waals surface area contributed by atoms with Gasteiger partial charge in [0.1, 0.15) is 23.3 Å². The zero-order chi connectivity index (χ0) is 31.9. The number of rotatable bonds is 2. The van der Waals surface area contributed by atoms with E-state index in [0.717, 1.165) is 49.8 Å². The van der Waals surface area contributed by atoms with E-state index in [9.17, 15) is 14.4 Å². The van der Waals surface area contributed by atoms with Gasteiger partial charge >= 0.3 is 11.9 Å². The van der Waals surface area contributed by atoms with Gasteiger partial charge in [0.25, 0.3) is 0 Å². The third-order valence-electron chi connectivity index (χ3n) is 9.71. The molecule has 1 aliphatic carbocycles. The first-order chi connectivity index (χ1) is 20.8. The van der Waals surface area contributed by atoms with Gasteiger partial charge in [0, 0.05) is 6.07 Å². The summed E-state index contributed by atoms with van der Waals surface area (Å²) in [5.41, 5.74) is 0.0202. The van der Waals surface area contributed by atoms with Crippen LogP contribution in [0.4, 0.5) is 8.78 Å². The van der Waals surface area contributed by atoms with Gasteiger partial charge in [-0.1, -0.05) is 33.6 Å². The molecule has 3 heterocycles. The predicted molar refractivity (Wildman–Crippen MR) is 159 cm³/mol. The first-order valence-electron chi connectivity index (χ1n) is 15.6. The number of carbonyl (C=O) groups excluding carboxylic acids is 3. The maximum Gasteiger partial charge on any atom is 0.312 e. The molecule has 2 bridgehead atoms. The quantitative estimate of drug-likeness (QED) is 0.313. The lowest BCUT2D eigenvalue weighted by Gasteiger charge is -2.36. The van der Waals surface area contributed by atoms with Gasteiger partial charge in [-0.05, 0) is 68.9 Å². The van der Waals surface area contributed by atoms with Gasteiger partial charge in [0.15, 0.2) is 12.1 Å². The van der Waals surface area contributed by atoms with Crippen LogP contribution in [0.3, 0.4) is 0 Å². The maximum absolute atomic E-state index is 15.9. The van der Waals surface area contributed by atoms with E-state index in [0.29, 0.717) is 28.9 Å². The number of hydrogen-bond donors (Lipinski definition) is 0. The number of methoxy groups -OCH3 is 1. The summed E-state index contributed by atoms with van der Waals surface area (Å²) >= 11 is 0. The normalized spacial score (nSPS) is 30.0. The number of carbonyl (C=O) groups is 3. The molecule has 11 heteroatoms. The minimum Gasteiger partial charge on any atom is -0.497 e. The number of hydrogen-bond acceptors (Lipinski definition) is 8. The summed E-state index contributed by atoms with van der Waals surface area (Å²) in [5, 5.41) is 0. The van der Waals surface area contributed by atoms with Crippen molar-refractivity contribution in [1.82, 2.24) is 14.9 Å². The zero-order valence-electron chi connectivity index (χ0n) is 26.2. The van der Waals surface area contributed by atoms with Crippen molar-refractivity contribution in [3.05, 3.63) is 23.9 Å². The minimum atomic E-state index is -3.71. The molecule has 1 amide bonds. The molecule has 0 N–H and O–H groups in total. The lowest BCUT2D eigenvalue weighted by molar-refractivity contribution is -0.167.